The van der Waals surface area contributed by atoms with Gasteiger partial charge >= 0.3 is 0 Å². The highest BCUT2D eigenvalue weighted by Gasteiger charge is 2.21. The van der Waals surface area contributed by atoms with E-state index in [1.807, 2.05) is 25.1 Å². The SMILES string of the molecule is COc1cc(-c2nc(C3CCCNC3)no2)ccc1C. The van der Waals surface area contributed by atoms with Crippen molar-refractivity contribution in [2.75, 3.05) is 20.2 Å². The van der Waals surface area contributed by atoms with Crippen LogP contribution in [0.25, 0.3) is 11.5 Å². The monoisotopic (exact) mass is 273 g/mol. The van der Waals surface area contributed by atoms with Gasteiger partial charge in [-0.05, 0) is 44.0 Å². The van der Waals surface area contributed by atoms with Gasteiger partial charge in [-0.1, -0.05) is 11.2 Å². The van der Waals surface area contributed by atoms with E-state index in [1.54, 1.807) is 7.11 Å². The Morgan fingerprint density at radius 1 is 1.40 bits per heavy atom. The fraction of sp³-hybridized carbons (Fsp3) is 0.467. The molecule has 1 unspecified atom stereocenters. The first-order chi connectivity index (χ1) is 9.78. The maximum absolute atomic E-state index is 5.40. The molecule has 1 N–H and O–H groups in total. The summed E-state index contributed by atoms with van der Waals surface area (Å²) in [5, 5.41) is 7.49. The average Bonchev–Trinajstić information content (AvgIpc) is 2.98. The molecule has 0 bridgehead atoms. The number of hydrogen-bond acceptors (Lipinski definition) is 5. The van der Waals surface area contributed by atoms with E-state index in [9.17, 15) is 0 Å². The first-order valence-electron chi connectivity index (χ1n) is 6.97. The van der Waals surface area contributed by atoms with Crippen molar-refractivity contribution in [1.82, 2.24) is 15.5 Å². The zero-order valence-electron chi connectivity index (χ0n) is 11.8. The summed E-state index contributed by atoms with van der Waals surface area (Å²) in [7, 11) is 1.67. The second kappa shape index (κ2) is 5.63. The molecule has 1 fully saturated rings. The molecule has 0 spiro atoms. The Labute approximate surface area is 118 Å². The fourth-order valence-corrected chi connectivity index (χ4v) is 2.54. The van der Waals surface area contributed by atoms with Crippen LogP contribution in [0.2, 0.25) is 0 Å². The summed E-state index contributed by atoms with van der Waals surface area (Å²) in [6.45, 7) is 4.02. The van der Waals surface area contributed by atoms with Crippen molar-refractivity contribution in [3.63, 3.8) is 0 Å². The predicted octanol–water partition coefficient (Wildman–Crippen LogP) is 2.52. The molecule has 3 rings (SSSR count). The third-order valence-electron chi connectivity index (χ3n) is 3.76. The molecule has 1 aliphatic heterocycles. The van der Waals surface area contributed by atoms with Gasteiger partial charge in [0.1, 0.15) is 5.75 Å². The molecule has 0 aliphatic carbocycles. The van der Waals surface area contributed by atoms with Gasteiger partial charge in [0.2, 0.25) is 0 Å². The van der Waals surface area contributed by atoms with Gasteiger partial charge in [-0.15, -0.1) is 0 Å². The Kier molecular flexibility index (Phi) is 3.69. The number of piperidine rings is 1. The van der Waals surface area contributed by atoms with Crippen molar-refractivity contribution >= 4 is 0 Å². The number of aromatic nitrogens is 2. The predicted molar refractivity (Wildman–Crippen MR) is 75.9 cm³/mol. The van der Waals surface area contributed by atoms with Crippen LogP contribution in [0, 0.1) is 6.92 Å². The van der Waals surface area contributed by atoms with Crippen LogP contribution >= 0.6 is 0 Å². The molecule has 1 aromatic carbocycles. The van der Waals surface area contributed by atoms with E-state index in [-0.39, 0.29) is 0 Å². The van der Waals surface area contributed by atoms with Crippen molar-refractivity contribution in [2.24, 2.45) is 0 Å². The number of hydrogen-bond donors (Lipinski definition) is 1. The zero-order valence-corrected chi connectivity index (χ0v) is 11.8. The molecule has 2 aromatic rings. The van der Waals surface area contributed by atoms with Crippen LogP contribution in [0.1, 0.15) is 30.1 Å². The molecule has 2 heterocycles. The maximum atomic E-state index is 5.40. The molecule has 0 radical (unpaired) electrons. The fourth-order valence-electron chi connectivity index (χ4n) is 2.54. The quantitative estimate of drug-likeness (QED) is 0.931. The van der Waals surface area contributed by atoms with E-state index in [4.69, 9.17) is 9.26 Å². The van der Waals surface area contributed by atoms with Crippen LogP contribution < -0.4 is 10.1 Å². The minimum atomic E-state index is 0.355. The lowest BCUT2D eigenvalue weighted by Gasteiger charge is -2.19. The number of benzene rings is 1. The van der Waals surface area contributed by atoms with Crippen molar-refractivity contribution in [3.05, 3.63) is 29.6 Å². The minimum absolute atomic E-state index is 0.355. The van der Waals surface area contributed by atoms with Gasteiger partial charge in [0.25, 0.3) is 5.89 Å². The van der Waals surface area contributed by atoms with Crippen LogP contribution in [0.15, 0.2) is 22.7 Å². The van der Waals surface area contributed by atoms with Gasteiger partial charge in [-0.2, -0.15) is 4.98 Å². The normalized spacial score (nSPS) is 19.0. The smallest absolute Gasteiger partial charge is 0.258 e. The number of aryl methyl sites for hydroxylation is 1. The van der Waals surface area contributed by atoms with Crippen molar-refractivity contribution in [1.29, 1.82) is 0 Å². The maximum Gasteiger partial charge on any atom is 0.258 e. The molecule has 0 saturated carbocycles. The number of methoxy groups -OCH3 is 1. The van der Waals surface area contributed by atoms with E-state index >= 15 is 0 Å². The summed E-state index contributed by atoms with van der Waals surface area (Å²) >= 11 is 0. The third-order valence-corrected chi connectivity index (χ3v) is 3.76. The number of nitrogens with zero attached hydrogens (tertiary/aromatic N) is 2. The first-order valence-corrected chi connectivity index (χ1v) is 6.97. The molecule has 5 nitrogen and oxygen atoms in total. The molecule has 1 atom stereocenters. The Bertz CT molecular complexity index is 589. The molecule has 0 amide bonds. The largest absolute Gasteiger partial charge is 0.496 e. The molecule has 106 valence electrons. The minimum Gasteiger partial charge on any atom is -0.496 e. The highest BCUT2D eigenvalue weighted by atomic mass is 16.5. The van der Waals surface area contributed by atoms with Gasteiger partial charge < -0.3 is 14.6 Å². The van der Waals surface area contributed by atoms with E-state index in [2.05, 4.69) is 15.5 Å². The Balaban J connectivity index is 1.85. The molecular formula is C15H19N3O2. The van der Waals surface area contributed by atoms with Crippen molar-refractivity contribution in [2.45, 2.75) is 25.7 Å². The summed E-state index contributed by atoms with van der Waals surface area (Å²) < 4.78 is 10.7. The van der Waals surface area contributed by atoms with Crippen LogP contribution in [-0.4, -0.2) is 30.3 Å². The first kappa shape index (κ1) is 13.1. The Hall–Kier alpha value is -1.88. The van der Waals surface area contributed by atoms with Crippen molar-refractivity contribution in [3.8, 4) is 17.2 Å². The van der Waals surface area contributed by atoms with Crippen LogP contribution in [0.3, 0.4) is 0 Å². The molecule has 1 aromatic heterocycles. The summed E-state index contributed by atoms with van der Waals surface area (Å²) in [5.74, 6) is 2.55. The summed E-state index contributed by atoms with van der Waals surface area (Å²) in [5.41, 5.74) is 1.99. The van der Waals surface area contributed by atoms with Gasteiger partial charge in [0.15, 0.2) is 5.82 Å². The number of rotatable bonds is 3. The number of nitrogens with one attached hydrogen (secondary N) is 1. The second-order valence-corrected chi connectivity index (χ2v) is 5.19. The van der Waals surface area contributed by atoms with Crippen LogP contribution in [0.5, 0.6) is 5.75 Å². The molecule has 20 heavy (non-hydrogen) atoms. The molecule has 1 aliphatic rings. The average molecular weight is 273 g/mol. The zero-order chi connectivity index (χ0) is 13.9. The Morgan fingerprint density at radius 2 is 2.30 bits per heavy atom. The van der Waals surface area contributed by atoms with E-state index < -0.39 is 0 Å². The van der Waals surface area contributed by atoms with Gasteiger partial charge in [0, 0.05) is 18.0 Å². The lowest BCUT2D eigenvalue weighted by Crippen LogP contribution is -2.28. The van der Waals surface area contributed by atoms with Crippen LogP contribution in [-0.2, 0) is 0 Å². The van der Waals surface area contributed by atoms with E-state index in [0.29, 0.717) is 11.8 Å². The number of ether oxygens (including phenoxy) is 1. The highest BCUT2D eigenvalue weighted by molar-refractivity contribution is 5.57. The van der Waals surface area contributed by atoms with Gasteiger partial charge in [-0.25, -0.2) is 0 Å². The van der Waals surface area contributed by atoms with Gasteiger partial charge in [-0.3, -0.25) is 0 Å². The van der Waals surface area contributed by atoms with Crippen molar-refractivity contribution < 1.29 is 9.26 Å². The van der Waals surface area contributed by atoms with E-state index in [0.717, 1.165) is 48.6 Å². The second-order valence-electron chi connectivity index (χ2n) is 5.19. The highest BCUT2D eigenvalue weighted by Crippen LogP contribution is 2.28. The molecular weight excluding hydrogens is 254 g/mol. The lowest BCUT2D eigenvalue weighted by atomic mass is 9.99. The topological polar surface area (TPSA) is 60.2 Å². The van der Waals surface area contributed by atoms with Crippen LogP contribution in [0.4, 0.5) is 0 Å². The lowest BCUT2D eigenvalue weighted by molar-refractivity contribution is 0.392. The van der Waals surface area contributed by atoms with E-state index in [1.165, 1.54) is 0 Å². The summed E-state index contributed by atoms with van der Waals surface area (Å²) in [6, 6.07) is 5.92. The third kappa shape index (κ3) is 2.54. The molecule has 5 heteroatoms. The van der Waals surface area contributed by atoms with Gasteiger partial charge in [0.05, 0.1) is 7.11 Å². The molecule has 1 saturated heterocycles. The standard InChI is InChI=1S/C15H19N3O2/c1-10-5-6-11(8-13(10)19-2)15-17-14(18-20-15)12-4-3-7-16-9-12/h5-6,8,12,16H,3-4,7,9H2,1-2H3. The Morgan fingerprint density at radius 3 is 3.05 bits per heavy atom. The summed E-state index contributed by atoms with van der Waals surface area (Å²) in [6.07, 6.45) is 2.27. The summed E-state index contributed by atoms with van der Waals surface area (Å²) in [4.78, 5) is 4.54.